The minimum atomic E-state index is -4.41. The van der Waals surface area contributed by atoms with Crippen molar-refractivity contribution in [3.05, 3.63) is 78.8 Å². The van der Waals surface area contributed by atoms with E-state index in [-0.39, 0.29) is 11.7 Å². The highest BCUT2D eigenvalue weighted by atomic mass is 32.1. The zero-order valence-corrected chi connectivity index (χ0v) is 43.1. The summed E-state index contributed by atoms with van der Waals surface area (Å²) < 4.78 is 64.2. The van der Waals surface area contributed by atoms with Crippen molar-refractivity contribution < 1.29 is 22.2 Å². The largest absolute Gasteiger partial charge is 0.452 e. The van der Waals surface area contributed by atoms with E-state index in [1.165, 1.54) is 57.3 Å². The second-order valence-electron chi connectivity index (χ2n) is 15.3. The SMILES string of the molecule is CC(C)c1cnns1.CC(C)c1nc(C#N)ns1.CC(C)c1nc(C(F)(F)F)ns1.CC(C)c1ncno1.CC(C)c1ncns1.Cc1noc(C(C)C)n1.Cc1nsc(C(C)C)n1. The van der Waals surface area contributed by atoms with Crippen LogP contribution in [0.3, 0.4) is 0 Å². The summed E-state index contributed by atoms with van der Waals surface area (Å²) in [7, 11) is 0. The van der Waals surface area contributed by atoms with Gasteiger partial charge < -0.3 is 9.05 Å². The van der Waals surface area contributed by atoms with Crippen molar-refractivity contribution in [1.29, 1.82) is 5.26 Å². The standard InChI is InChI=1S/C6H7F3N2S.C6H7N3S.C6H10N2O.C6H10N2S.C5H8N2O.2C5H8N2S/c1-3(2)4-10-5(11-12-4)6(7,8)9;1-4(2)6-8-5(3-7)9-10-6;2*1-4(2)6-7-5(3)8-9-6;2*1-4(2)5-6-3-7-8-5;1-4(2)5-3-6-7-8-5/h3H,1-2H3;4H,1-2H3;2*4H,1-3H3;3*3-4H,1-2H3. The van der Waals surface area contributed by atoms with Gasteiger partial charge in [-0.15, -0.1) is 5.10 Å². The summed E-state index contributed by atoms with van der Waals surface area (Å²) in [6, 6.07) is 1.89. The monoisotopic (exact) mass is 985 g/mol. The number of hydrogen-bond acceptors (Lipinski definition) is 22. The van der Waals surface area contributed by atoms with Gasteiger partial charge in [0, 0.05) is 40.4 Å². The van der Waals surface area contributed by atoms with E-state index in [1.807, 2.05) is 67.7 Å². The maximum Gasteiger partial charge on any atom is 0.452 e. The molecule has 0 aliphatic carbocycles. The quantitative estimate of drug-likeness (QED) is 0.144. The molecule has 0 saturated heterocycles. The first-order valence-electron chi connectivity index (χ1n) is 20.0. The second-order valence-corrected chi connectivity index (χ2v) is 19.3. The molecule has 0 aliphatic rings. The fourth-order valence-electron chi connectivity index (χ4n) is 3.50. The Morgan fingerprint density at radius 1 is 0.562 bits per heavy atom. The summed E-state index contributed by atoms with van der Waals surface area (Å²) in [6.45, 7) is 32.1. The molecule has 0 spiro atoms. The van der Waals surface area contributed by atoms with Crippen molar-refractivity contribution in [3.63, 3.8) is 0 Å². The van der Waals surface area contributed by atoms with Gasteiger partial charge in [0.1, 0.15) is 38.3 Å². The number of nitrogens with zero attached hydrogens (tertiary/aromatic N) is 15. The van der Waals surface area contributed by atoms with Gasteiger partial charge in [0.2, 0.25) is 23.4 Å². The lowest BCUT2D eigenvalue weighted by atomic mass is 10.2. The van der Waals surface area contributed by atoms with Crippen LogP contribution in [-0.2, 0) is 6.18 Å². The van der Waals surface area contributed by atoms with Gasteiger partial charge in [0.05, 0.1) is 6.20 Å². The van der Waals surface area contributed by atoms with E-state index >= 15 is 0 Å². The molecule has 25 heteroatoms. The molecule has 7 heterocycles. The highest BCUT2D eigenvalue weighted by molar-refractivity contribution is 7.06. The molecule has 0 unspecified atom stereocenters. The average Bonchev–Trinajstić information content (AvgIpc) is 4.07. The fourth-order valence-corrected chi connectivity index (χ4v) is 6.41. The molecule has 0 atom stereocenters. The van der Waals surface area contributed by atoms with Gasteiger partial charge in [-0.3, -0.25) is 0 Å². The maximum absolute atomic E-state index is 11.9. The van der Waals surface area contributed by atoms with Crippen LogP contribution in [-0.4, -0.2) is 67.3 Å². The zero-order chi connectivity index (χ0) is 48.6. The molecule has 0 amide bonds. The number of rotatable bonds is 7. The number of aromatic nitrogens is 14. The van der Waals surface area contributed by atoms with Gasteiger partial charge in [-0.25, -0.2) is 19.9 Å². The maximum atomic E-state index is 11.9. The Hall–Kier alpha value is -4.64. The van der Waals surface area contributed by atoms with E-state index in [0.29, 0.717) is 58.1 Å². The molecule has 0 aromatic carbocycles. The molecule has 0 radical (unpaired) electrons. The first kappa shape index (κ1) is 57.4. The van der Waals surface area contributed by atoms with E-state index in [2.05, 4.69) is 109 Å². The molecule has 0 N–H and O–H groups in total. The third-order valence-electron chi connectivity index (χ3n) is 6.99. The molecule has 0 aliphatic heterocycles. The Morgan fingerprint density at radius 3 is 1.38 bits per heavy atom. The molecule has 0 bridgehead atoms. The molecule has 64 heavy (non-hydrogen) atoms. The number of alkyl halides is 3. The highest BCUT2D eigenvalue weighted by Gasteiger charge is 2.36. The minimum absolute atomic E-state index is 0.00130. The molecule has 7 aromatic heterocycles. The van der Waals surface area contributed by atoms with Crippen LogP contribution >= 0.6 is 57.7 Å². The molecule has 7 aromatic rings. The van der Waals surface area contributed by atoms with Crippen LogP contribution in [0.5, 0.6) is 0 Å². The highest BCUT2D eigenvalue weighted by Crippen LogP contribution is 2.29. The third kappa shape index (κ3) is 23.3. The molecule has 7 rings (SSSR count). The lowest BCUT2D eigenvalue weighted by molar-refractivity contribution is -0.144. The van der Waals surface area contributed by atoms with Gasteiger partial charge >= 0.3 is 6.18 Å². The molecule has 0 fully saturated rings. The Labute approximate surface area is 393 Å². The van der Waals surface area contributed by atoms with Crippen molar-refractivity contribution in [1.82, 2.24) is 67.3 Å². The van der Waals surface area contributed by atoms with Crippen LogP contribution in [0.15, 0.2) is 27.9 Å². The van der Waals surface area contributed by atoms with Crippen molar-refractivity contribution in [3.8, 4) is 6.07 Å². The number of nitriles is 1. The first-order chi connectivity index (χ1) is 30.0. The van der Waals surface area contributed by atoms with E-state index in [0.717, 1.165) is 32.4 Å². The zero-order valence-electron chi connectivity index (χ0n) is 39.0. The summed E-state index contributed by atoms with van der Waals surface area (Å²) in [6.07, 6.45) is 0.411. The second kappa shape index (κ2) is 29.7. The topological polar surface area (TPSA) is 231 Å². The Morgan fingerprint density at radius 2 is 1.12 bits per heavy atom. The van der Waals surface area contributed by atoms with Gasteiger partial charge in [0.15, 0.2) is 12.2 Å². The van der Waals surface area contributed by atoms with Crippen LogP contribution in [0.1, 0.15) is 198 Å². The van der Waals surface area contributed by atoms with Gasteiger partial charge in [-0.2, -0.15) is 45.9 Å². The number of hydrogen-bond donors (Lipinski definition) is 0. The fraction of sp³-hybridized carbons (Fsp3) is 0.615. The molecular formula is C39H58F3N15O2S5. The third-order valence-corrected chi connectivity index (χ3v) is 12.1. The lowest BCUT2D eigenvalue weighted by Gasteiger charge is -1.98. The summed E-state index contributed by atoms with van der Waals surface area (Å²) in [5.74, 6) is 4.96. The summed E-state index contributed by atoms with van der Waals surface area (Å²) in [4.78, 5) is 24.7. The summed E-state index contributed by atoms with van der Waals surface area (Å²) in [5, 5.41) is 22.8. The lowest BCUT2D eigenvalue weighted by Crippen LogP contribution is -2.07. The van der Waals surface area contributed by atoms with Crippen LogP contribution < -0.4 is 0 Å². The van der Waals surface area contributed by atoms with Crippen molar-refractivity contribution >= 4 is 57.7 Å². The average molecular weight is 986 g/mol. The molecule has 17 nitrogen and oxygen atoms in total. The van der Waals surface area contributed by atoms with E-state index < -0.39 is 12.0 Å². The number of halogens is 3. The van der Waals surface area contributed by atoms with Gasteiger partial charge in [0.25, 0.3) is 0 Å². The van der Waals surface area contributed by atoms with Crippen LogP contribution in [0.2, 0.25) is 0 Å². The Balaban J connectivity index is 0.000000375. The molecule has 0 saturated carbocycles. The molecule has 352 valence electrons. The minimum Gasteiger partial charge on any atom is -0.339 e. The smallest absolute Gasteiger partial charge is 0.339 e. The Kier molecular flexibility index (Phi) is 26.7. The molecular weight excluding hydrogens is 928 g/mol. The van der Waals surface area contributed by atoms with Gasteiger partial charge in [-0.05, 0) is 77.4 Å². The van der Waals surface area contributed by atoms with E-state index in [1.54, 1.807) is 20.2 Å². The van der Waals surface area contributed by atoms with E-state index in [9.17, 15) is 13.2 Å². The first-order valence-corrected chi connectivity index (χ1v) is 23.9. The predicted octanol–water partition coefficient (Wildman–Crippen LogP) is 12.2. The van der Waals surface area contributed by atoms with Crippen LogP contribution in [0.4, 0.5) is 13.2 Å². The normalized spacial score (nSPS) is 10.8. The predicted molar refractivity (Wildman–Crippen MR) is 246 cm³/mol. The summed E-state index contributed by atoms with van der Waals surface area (Å²) in [5.41, 5.74) is 0. The number of aryl methyl sites for hydroxylation is 2. The van der Waals surface area contributed by atoms with Crippen molar-refractivity contribution in [2.75, 3.05) is 0 Å². The summed E-state index contributed by atoms with van der Waals surface area (Å²) >= 11 is 6.54. The van der Waals surface area contributed by atoms with Crippen molar-refractivity contribution in [2.24, 2.45) is 0 Å². The van der Waals surface area contributed by atoms with E-state index in [4.69, 9.17) is 14.3 Å². The van der Waals surface area contributed by atoms with Crippen molar-refractivity contribution in [2.45, 2.75) is 158 Å². The Bertz CT molecular complexity index is 2110. The van der Waals surface area contributed by atoms with Crippen LogP contribution in [0.25, 0.3) is 0 Å². The van der Waals surface area contributed by atoms with Crippen LogP contribution in [0, 0.1) is 25.2 Å². The van der Waals surface area contributed by atoms with Gasteiger partial charge in [-0.1, -0.05) is 112 Å².